The summed E-state index contributed by atoms with van der Waals surface area (Å²) in [6.45, 7) is 6.23. The number of nitrogens with one attached hydrogen (secondary N) is 1. The first kappa shape index (κ1) is 19.0. The van der Waals surface area contributed by atoms with Crippen molar-refractivity contribution in [2.75, 3.05) is 39.6 Å². The minimum Gasteiger partial charge on any atom is -0.373 e. The summed E-state index contributed by atoms with van der Waals surface area (Å²) in [6.07, 6.45) is 3.91. The molecule has 0 aromatic carbocycles. The van der Waals surface area contributed by atoms with E-state index in [1.807, 2.05) is 25.8 Å². The zero-order chi connectivity index (χ0) is 18.9. The van der Waals surface area contributed by atoms with Crippen molar-refractivity contribution in [3.8, 4) is 0 Å². The van der Waals surface area contributed by atoms with Crippen LogP contribution >= 0.6 is 0 Å². The van der Waals surface area contributed by atoms with Gasteiger partial charge in [0.15, 0.2) is 5.82 Å². The van der Waals surface area contributed by atoms with Crippen molar-refractivity contribution >= 4 is 11.7 Å². The molecule has 3 rings (SSSR count). The van der Waals surface area contributed by atoms with Crippen LogP contribution in [-0.4, -0.2) is 65.6 Å². The highest BCUT2D eigenvalue weighted by Gasteiger charge is 2.38. The van der Waals surface area contributed by atoms with Crippen LogP contribution in [-0.2, 0) is 22.5 Å². The molecule has 2 aliphatic rings. The lowest BCUT2D eigenvalue weighted by molar-refractivity contribution is -0.155. The SMILES string of the molecule is CNc1nc([C@H]2CCCCN2C(=O)C(C)(C)OC)nc2c1CN(C)CC2. The molecule has 1 N–H and O–H groups in total. The topological polar surface area (TPSA) is 70.6 Å². The number of fused-ring (bicyclic) bond motifs is 1. The van der Waals surface area contributed by atoms with E-state index in [2.05, 4.69) is 17.3 Å². The van der Waals surface area contributed by atoms with Crippen molar-refractivity contribution in [2.45, 2.75) is 57.7 Å². The molecular formula is C19H31N5O2. The summed E-state index contributed by atoms with van der Waals surface area (Å²) in [5, 5.41) is 3.23. The van der Waals surface area contributed by atoms with Gasteiger partial charge >= 0.3 is 0 Å². The van der Waals surface area contributed by atoms with Crippen molar-refractivity contribution in [3.63, 3.8) is 0 Å². The smallest absolute Gasteiger partial charge is 0.254 e. The molecule has 0 radical (unpaired) electrons. The van der Waals surface area contributed by atoms with Crippen molar-refractivity contribution < 1.29 is 9.53 Å². The van der Waals surface area contributed by atoms with E-state index < -0.39 is 5.60 Å². The lowest BCUT2D eigenvalue weighted by Crippen LogP contribution is -2.50. The number of carbonyl (C=O) groups is 1. The first-order valence-electron chi connectivity index (χ1n) is 9.49. The van der Waals surface area contributed by atoms with Crippen LogP contribution in [0.1, 0.15) is 56.2 Å². The highest BCUT2D eigenvalue weighted by molar-refractivity contribution is 5.84. The third kappa shape index (κ3) is 3.55. The molecule has 3 heterocycles. The van der Waals surface area contributed by atoms with Gasteiger partial charge in [0.05, 0.1) is 11.7 Å². The van der Waals surface area contributed by atoms with Crippen molar-refractivity contribution in [1.29, 1.82) is 0 Å². The van der Waals surface area contributed by atoms with Gasteiger partial charge in [-0.3, -0.25) is 4.79 Å². The molecule has 1 atom stereocenters. The lowest BCUT2D eigenvalue weighted by atomic mass is 9.97. The number of hydrogen-bond donors (Lipinski definition) is 1. The average Bonchev–Trinajstić information content (AvgIpc) is 2.66. The summed E-state index contributed by atoms with van der Waals surface area (Å²) in [5.74, 6) is 1.66. The van der Waals surface area contributed by atoms with E-state index in [1.54, 1.807) is 7.11 Å². The minimum atomic E-state index is -0.835. The maximum absolute atomic E-state index is 13.0. The monoisotopic (exact) mass is 361 g/mol. The van der Waals surface area contributed by atoms with E-state index in [1.165, 1.54) is 5.56 Å². The van der Waals surface area contributed by atoms with Crippen LogP contribution < -0.4 is 5.32 Å². The van der Waals surface area contributed by atoms with Gasteiger partial charge < -0.3 is 19.9 Å². The Hall–Kier alpha value is -1.73. The Kier molecular flexibility index (Phi) is 5.48. The summed E-state index contributed by atoms with van der Waals surface area (Å²) in [4.78, 5) is 27.0. The number of rotatable bonds is 4. The highest BCUT2D eigenvalue weighted by atomic mass is 16.5. The Morgan fingerprint density at radius 3 is 2.73 bits per heavy atom. The van der Waals surface area contributed by atoms with Gasteiger partial charge in [0.2, 0.25) is 0 Å². The fraction of sp³-hybridized carbons (Fsp3) is 0.737. The van der Waals surface area contributed by atoms with E-state index in [4.69, 9.17) is 14.7 Å². The number of piperidine rings is 1. The number of carbonyl (C=O) groups excluding carboxylic acids is 1. The van der Waals surface area contributed by atoms with Gasteiger partial charge in [0.1, 0.15) is 11.4 Å². The Morgan fingerprint density at radius 2 is 2.04 bits per heavy atom. The molecule has 0 unspecified atom stereocenters. The zero-order valence-electron chi connectivity index (χ0n) is 16.6. The molecule has 0 spiro atoms. The number of hydrogen-bond acceptors (Lipinski definition) is 6. The van der Waals surface area contributed by atoms with Crippen molar-refractivity contribution in [2.24, 2.45) is 0 Å². The Balaban J connectivity index is 1.97. The molecule has 0 bridgehead atoms. The number of ether oxygens (including phenoxy) is 1. The molecule has 144 valence electrons. The summed E-state index contributed by atoms with van der Waals surface area (Å²) in [5.41, 5.74) is 1.45. The number of amides is 1. The predicted molar refractivity (Wildman–Crippen MR) is 101 cm³/mol. The number of likely N-dealkylation sites (tertiary alicyclic amines) is 1. The Labute approximate surface area is 156 Å². The molecule has 0 aliphatic carbocycles. The van der Waals surface area contributed by atoms with E-state index in [-0.39, 0.29) is 11.9 Å². The number of anilines is 1. The van der Waals surface area contributed by atoms with Crippen LogP contribution in [0.15, 0.2) is 0 Å². The molecule has 26 heavy (non-hydrogen) atoms. The maximum atomic E-state index is 13.0. The van der Waals surface area contributed by atoms with Crippen LogP contribution in [0.25, 0.3) is 0 Å². The Morgan fingerprint density at radius 1 is 1.27 bits per heavy atom. The van der Waals surface area contributed by atoms with Crippen molar-refractivity contribution in [3.05, 3.63) is 17.1 Å². The molecule has 1 aromatic rings. The van der Waals surface area contributed by atoms with Crippen LogP contribution in [0, 0.1) is 0 Å². The number of aromatic nitrogens is 2. The normalized spacial score (nSPS) is 21.4. The molecule has 7 heteroatoms. The lowest BCUT2D eigenvalue weighted by Gasteiger charge is -2.39. The van der Waals surface area contributed by atoms with Gasteiger partial charge in [0, 0.05) is 45.8 Å². The summed E-state index contributed by atoms with van der Waals surface area (Å²) < 4.78 is 5.43. The average molecular weight is 361 g/mol. The fourth-order valence-electron chi connectivity index (χ4n) is 3.80. The summed E-state index contributed by atoms with van der Waals surface area (Å²) in [7, 11) is 5.60. The first-order valence-corrected chi connectivity index (χ1v) is 9.49. The van der Waals surface area contributed by atoms with E-state index in [0.717, 1.165) is 62.7 Å². The third-order valence-electron chi connectivity index (χ3n) is 5.59. The molecule has 1 fully saturated rings. The Bertz CT molecular complexity index is 659. The summed E-state index contributed by atoms with van der Waals surface area (Å²) in [6, 6.07) is -0.0808. The highest BCUT2D eigenvalue weighted by Crippen LogP contribution is 2.33. The molecule has 7 nitrogen and oxygen atoms in total. The number of nitrogens with zero attached hydrogens (tertiary/aromatic N) is 4. The van der Waals surface area contributed by atoms with E-state index in [0.29, 0.717) is 0 Å². The molecule has 1 saturated heterocycles. The fourth-order valence-corrected chi connectivity index (χ4v) is 3.80. The molecule has 1 aromatic heterocycles. The van der Waals surface area contributed by atoms with Crippen LogP contribution in [0.3, 0.4) is 0 Å². The minimum absolute atomic E-state index is 0.0109. The molecule has 2 aliphatic heterocycles. The molecule has 1 amide bonds. The first-order chi connectivity index (χ1) is 12.4. The number of methoxy groups -OCH3 is 1. The zero-order valence-corrected chi connectivity index (χ0v) is 16.6. The third-order valence-corrected chi connectivity index (χ3v) is 5.59. The largest absolute Gasteiger partial charge is 0.373 e. The van der Waals surface area contributed by atoms with Crippen LogP contribution in [0.2, 0.25) is 0 Å². The second-order valence-corrected chi connectivity index (χ2v) is 7.82. The maximum Gasteiger partial charge on any atom is 0.254 e. The molecule has 0 saturated carbocycles. The van der Waals surface area contributed by atoms with Crippen molar-refractivity contribution in [1.82, 2.24) is 19.8 Å². The number of likely N-dealkylation sites (N-methyl/N-ethyl adjacent to an activating group) is 1. The predicted octanol–water partition coefficient (Wildman–Crippen LogP) is 1.98. The van der Waals surface area contributed by atoms with Gasteiger partial charge in [-0.1, -0.05) is 0 Å². The van der Waals surface area contributed by atoms with E-state index >= 15 is 0 Å². The second kappa shape index (κ2) is 7.48. The van der Waals surface area contributed by atoms with Gasteiger partial charge in [-0.15, -0.1) is 0 Å². The second-order valence-electron chi connectivity index (χ2n) is 7.82. The molecular weight excluding hydrogens is 330 g/mol. The van der Waals surface area contributed by atoms with Crippen LogP contribution in [0.4, 0.5) is 5.82 Å². The van der Waals surface area contributed by atoms with Gasteiger partial charge in [-0.25, -0.2) is 9.97 Å². The van der Waals surface area contributed by atoms with Crippen LogP contribution in [0.5, 0.6) is 0 Å². The van der Waals surface area contributed by atoms with Gasteiger partial charge in [-0.2, -0.15) is 0 Å². The summed E-state index contributed by atoms with van der Waals surface area (Å²) >= 11 is 0. The van der Waals surface area contributed by atoms with E-state index in [9.17, 15) is 4.79 Å². The van der Waals surface area contributed by atoms with Gasteiger partial charge in [0.25, 0.3) is 5.91 Å². The quantitative estimate of drug-likeness (QED) is 0.884. The standard InChI is InChI=1S/C19H31N5O2/c1-19(2,26-5)18(25)24-10-7-6-8-15(24)17-21-14-9-11-23(4)12-13(14)16(20-3)22-17/h15H,6-12H2,1-5H3,(H,20,21,22)/t15-/m1/s1. The van der Waals surface area contributed by atoms with Gasteiger partial charge in [-0.05, 0) is 40.2 Å².